The Morgan fingerprint density at radius 2 is 1.83 bits per heavy atom. The minimum atomic E-state index is -0.142. The first-order chi connectivity index (χ1) is 14.1. The second-order valence-electron chi connectivity index (χ2n) is 7.01. The number of hydrogen-bond acceptors (Lipinski definition) is 6. The lowest BCUT2D eigenvalue weighted by Crippen LogP contribution is -2.26. The van der Waals surface area contributed by atoms with Crippen LogP contribution in [0.3, 0.4) is 0 Å². The number of fused-ring (bicyclic) bond motifs is 1. The summed E-state index contributed by atoms with van der Waals surface area (Å²) in [4.78, 5) is 18.8. The number of aryl methyl sites for hydroxylation is 3. The molecule has 2 aromatic carbocycles. The van der Waals surface area contributed by atoms with E-state index in [0.717, 1.165) is 19.3 Å². The Hall–Kier alpha value is -3.48. The molecule has 0 saturated carbocycles. The van der Waals surface area contributed by atoms with Gasteiger partial charge in [-0.3, -0.25) is 4.79 Å². The molecule has 0 fully saturated rings. The standard InChI is InChI=1S/C22H22N4O3/c1-15-24-25-21(28-15)14-26(2)22(27)17-11-12-19-18(13-17)23-20(29-19)10-6-9-16-7-4-3-5-8-16/h3-5,7-8,11-13H,6,9-10,14H2,1-2H3. The van der Waals surface area contributed by atoms with Crippen LogP contribution in [0.4, 0.5) is 0 Å². The average molecular weight is 390 g/mol. The van der Waals surface area contributed by atoms with Crippen LogP contribution in [0.2, 0.25) is 0 Å². The van der Waals surface area contributed by atoms with Crippen molar-refractivity contribution in [2.75, 3.05) is 7.05 Å². The molecule has 0 bridgehead atoms. The molecule has 0 unspecified atom stereocenters. The number of rotatable bonds is 7. The van der Waals surface area contributed by atoms with E-state index in [9.17, 15) is 4.79 Å². The molecule has 2 heterocycles. The van der Waals surface area contributed by atoms with Gasteiger partial charge in [-0.25, -0.2) is 4.98 Å². The van der Waals surface area contributed by atoms with E-state index in [2.05, 4.69) is 27.3 Å². The fourth-order valence-corrected chi connectivity index (χ4v) is 3.20. The van der Waals surface area contributed by atoms with Crippen molar-refractivity contribution in [3.63, 3.8) is 0 Å². The Morgan fingerprint density at radius 1 is 1.00 bits per heavy atom. The van der Waals surface area contributed by atoms with Crippen molar-refractivity contribution in [1.82, 2.24) is 20.1 Å². The first kappa shape index (κ1) is 18.9. The number of oxazole rings is 1. The first-order valence-electron chi connectivity index (χ1n) is 9.56. The van der Waals surface area contributed by atoms with Gasteiger partial charge < -0.3 is 13.7 Å². The highest BCUT2D eigenvalue weighted by atomic mass is 16.4. The second-order valence-corrected chi connectivity index (χ2v) is 7.01. The van der Waals surface area contributed by atoms with Gasteiger partial charge in [0.15, 0.2) is 11.5 Å². The zero-order valence-electron chi connectivity index (χ0n) is 16.5. The molecule has 29 heavy (non-hydrogen) atoms. The molecule has 1 amide bonds. The molecule has 7 heteroatoms. The fourth-order valence-electron chi connectivity index (χ4n) is 3.20. The molecule has 0 spiro atoms. The van der Waals surface area contributed by atoms with Crippen LogP contribution < -0.4 is 0 Å². The van der Waals surface area contributed by atoms with Crippen LogP contribution in [0, 0.1) is 6.92 Å². The van der Waals surface area contributed by atoms with Gasteiger partial charge in [0.2, 0.25) is 11.8 Å². The molecule has 7 nitrogen and oxygen atoms in total. The molecule has 0 aliphatic carbocycles. The van der Waals surface area contributed by atoms with E-state index >= 15 is 0 Å². The Kier molecular flexibility index (Phi) is 5.37. The zero-order valence-corrected chi connectivity index (χ0v) is 16.5. The van der Waals surface area contributed by atoms with Gasteiger partial charge >= 0.3 is 0 Å². The Morgan fingerprint density at radius 3 is 2.59 bits per heavy atom. The van der Waals surface area contributed by atoms with Crippen LogP contribution in [0.15, 0.2) is 57.4 Å². The minimum absolute atomic E-state index is 0.142. The number of carbonyl (C=O) groups is 1. The van der Waals surface area contributed by atoms with Crippen molar-refractivity contribution in [2.45, 2.75) is 32.7 Å². The molecule has 0 aliphatic rings. The second kappa shape index (κ2) is 8.26. The predicted molar refractivity (Wildman–Crippen MR) is 107 cm³/mol. The highest BCUT2D eigenvalue weighted by Gasteiger charge is 2.16. The number of nitrogens with zero attached hydrogens (tertiary/aromatic N) is 4. The van der Waals surface area contributed by atoms with Crippen molar-refractivity contribution in [1.29, 1.82) is 0 Å². The maximum absolute atomic E-state index is 12.7. The third-order valence-electron chi connectivity index (χ3n) is 4.66. The maximum atomic E-state index is 12.7. The first-order valence-corrected chi connectivity index (χ1v) is 9.56. The van der Waals surface area contributed by atoms with E-state index in [1.165, 1.54) is 10.5 Å². The normalized spacial score (nSPS) is 11.1. The van der Waals surface area contributed by atoms with E-state index < -0.39 is 0 Å². The lowest BCUT2D eigenvalue weighted by Gasteiger charge is -2.14. The third-order valence-corrected chi connectivity index (χ3v) is 4.66. The summed E-state index contributed by atoms with van der Waals surface area (Å²) in [6.45, 7) is 1.97. The van der Waals surface area contributed by atoms with Crippen molar-refractivity contribution in [3.8, 4) is 0 Å². The van der Waals surface area contributed by atoms with Gasteiger partial charge in [-0.15, -0.1) is 10.2 Å². The Labute approximate surface area is 168 Å². The highest BCUT2D eigenvalue weighted by molar-refractivity contribution is 5.96. The molecule has 0 aliphatic heterocycles. The van der Waals surface area contributed by atoms with E-state index in [-0.39, 0.29) is 12.5 Å². The molecule has 148 valence electrons. The van der Waals surface area contributed by atoms with Crippen molar-refractivity contribution < 1.29 is 13.6 Å². The maximum Gasteiger partial charge on any atom is 0.254 e. The largest absolute Gasteiger partial charge is 0.441 e. The molecule has 4 aromatic rings. The van der Waals surface area contributed by atoms with Crippen molar-refractivity contribution in [2.24, 2.45) is 0 Å². The molecule has 2 aromatic heterocycles. The Balaban J connectivity index is 1.41. The Bertz CT molecular complexity index is 1120. The number of aromatic nitrogens is 3. The summed E-state index contributed by atoms with van der Waals surface area (Å²) in [6, 6.07) is 15.7. The molecule has 0 N–H and O–H groups in total. The number of amides is 1. The highest BCUT2D eigenvalue weighted by Crippen LogP contribution is 2.20. The van der Waals surface area contributed by atoms with Crippen LogP contribution >= 0.6 is 0 Å². The van der Waals surface area contributed by atoms with Crippen LogP contribution in [0.25, 0.3) is 11.1 Å². The fraction of sp³-hybridized carbons (Fsp3) is 0.273. The lowest BCUT2D eigenvalue weighted by molar-refractivity contribution is 0.0772. The summed E-state index contributed by atoms with van der Waals surface area (Å²) in [5.41, 5.74) is 3.22. The summed E-state index contributed by atoms with van der Waals surface area (Å²) < 4.78 is 11.2. The molecular formula is C22H22N4O3. The van der Waals surface area contributed by atoms with Crippen molar-refractivity contribution >= 4 is 17.0 Å². The van der Waals surface area contributed by atoms with Gasteiger partial charge in [0.05, 0.1) is 6.54 Å². The van der Waals surface area contributed by atoms with Gasteiger partial charge in [-0.1, -0.05) is 30.3 Å². The van der Waals surface area contributed by atoms with Crippen LogP contribution in [0.1, 0.15) is 40.0 Å². The topological polar surface area (TPSA) is 85.3 Å². The monoisotopic (exact) mass is 390 g/mol. The molecule has 0 radical (unpaired) electrons. The van der Waals surface area contributed by atoms with Gasteiger partial charge in [0.25, 0.3) is 5.91 Å². The summed E-state index contributed by atoms with van der Waals surface area (Å²) >= 11 is 0. The van der Waals surface area contributed by atoms with Crippen LogP contribution in [0.5, 0.6) is 0 Å². The van der Waals surface area contributed by atoms with E-state index in [0.29, 0.717) is 34.3 Å². The van der Waals surface area contributed by atoms with Gasteiger partial charge in [0, 0.05) is 26.0 Å². The molecular weight excluding hydrogens is 368 g/mol. The lowest BCUT2D eigenvalue weighted by atomic mass is 10.1. The van der Waals surface area contributed by atoms with Gasteiger partial charge in [-0.2, -0.15) is 0 Å². The van der Waals surface area contributed by atoms with E-state index in [1.807, 2.05) is 18.2 Å². The van der Waals surface area contributed by atoms with E-state index in [4.69, 9.17) is 8.83 Å². The smallest absolute Gasteiger partial charge is 0.254 e. The van der Waals surface area contributed by atoms with Crippen LogP contribution in [-0.2, 0) is 19.4 Å². The number of carbonyl (C=O) groups excluding carboxylic acids is 1. The average Bonchev–Trinajstić information content (AvgIpc) is 3.32. The summed E-state index contributed by atoms with van der Waals surface area (Å²) in [5, 5.41) is 7.71. The summed E-state index contributed by atoms with van der Waals surface area (Å²) in [7, 11) is 1.70. The number of benzene rings is 2. The molecule has 4 rings (SSSR count). The number of hydrogen-bond donors (Lipinski definition) is 0. The molecule has 0 atom stereocenters. The third kappa shape index (κ3) is 4.51. The molecule has 0 saturated heterocycles. The minimum Gasteiger partial charge on any atom is -0.441 e. The summed E-state index contributed by atoms with van der Waals surface area (Å²) in [6.07, 6.45) is 2.68. The van der Waals surface area contributed by atoms with Crippen LogP contribution in [-0.4, -0.2) is 33.0 Å². The van der Waals surface area contributed by atoms with Gasteiger partial charge in [0.1, 0.15) is 5.52 Å². The van der Waals surface area contributed by atoms with Crippen molar-refractivity contribution in [3.05, 3.63) is 77.3 Å². The predicted octanol–water partition coefficient (Wildman–Crippen LogP) is 3.97. The van der Waals surface area contributed by atoms with E-state index in [1.54, 1.807) is 32.2 Å². The van der Waals surface area contributed by atoms with Gasteiger partial charge in [-0.05, 0) is 36.6 Å². The summed E-state index contributed by atoms with van der Waals surface area (Å²) in [5.74, 6) is 1.43. The quantitative estimate of drug-likeness (QED) is 0.475. The zero-order chi connectivity index (χ0) is 20.2. The SMILES string of the molecule is Cc1nnc(CN(C)C(=O)c2ccc3oc(CCCc4ccccc4)nc3c2)o1.